The van der Waals surface area contributed by atoms with Crippen molar-refractivity contribution >= 4 is 23.1 Å². The number of hydrogen-bond donors (Lipinski definition) is 1. The maximum Gasteiger partial charge on any atom is 0.269 e. The lowest BCUT2D eigenvalue weighted by atomic mass is 10.0. The van der Waals surface area contributed by atoms with Crippen LogP contribution in [0.1, 0.15) is 22.3 Å². The highest BCUT2D eigenvalue weighted by Crippen LogP contribution is 2.28. The van der Waals surface area contributed by atoms with E-state index in [0.717, 1.165) is 34.0 Å². The molecule has 1 N–H and O–H groups in total. The molecule has 5 heteroatoms. The SMILES string of the molecule is CCc1nnsc1C(=O)Nc1ccccc1-c1ccccc1. The topological polar surface area (TPSA) is 54.9 Å². The third kappa shape index (κ3) is 2.89. The molecule has 0 aliphatic carbocycles. The monoisotopic (exact) mass is 309 g/mol. The molecular formula is C17H15N3OS. The highest BCUT2D eigenvalue weighted by Gasteiger charge is 2.16. The average Bonchev–Trinajstić information content (AvgIpc) is 3.05. The summed E-state index contributed by atoms with van der Waals surface area (Å²) in [6.07, 6.45) is 0.694. The largest absolute Gasteiger partial charge is 0.321 e. The fourth-order valence-corrected chi connectivity index (χ4v) is 2.90. The molecule has 0 atom stereocenters. The number of aromatic nitrogens is 2. The van der Waals surface area contributed by atoms with Crippen molar-refractivity contribution in [3.05, 3.63) is 65.2 Å². The summed E-state index contributed by atoms with van der Waals surface area (Å²) in [6, 6.07) is 17.8. The fourth-order valence-electron chi connectivity index (χ4n) is 2.25. The van der Waals surface area contributed by atoms with Crippen LogP contribution in [0.3, 0.4) is 0 Å². The molecule has 0 saturated carbocycles. The minimum absolute atomic E-state index is 0.157. The molecule has 3 aromatic rings. The number of carbonyl (C=O) groups is 1. The van der Waals surface area contributed by atoms with E-state index < -0.39 is 0 Å². The Bertz CT molecular complexity index is 783. The Balaban J connectivity index is 1.92. The van der Waals surface area contributed by atoms with Crippen molar-refractivity contribution in [3.63, 3.8) is 0 Å². The van der Waals surface area contributed by atoms with E-state index in [1.807, 2.05) is 61.5 Å². The molecule has 1 heterocycles. The highest BCUT2D eigenvalue weighted by atomic mass is 32.1. The Morgan fingerprint density at radius 1 is 1.09 bits per heavy atom. The van der Waals surface area contributed by atoms with E-state index in [4.69, 9.17) is 0 Å². The third-order valence-corrected chi connectivity index (χ3v) is 4.12. The molecular weight excluding hydrogens is 294 g/mol. The van der Waals surface area contributed by atoms with Crippen molar-refractivity contribution in [2.75, 3.05) is 5.32 Å². The second-order valence-electron chi connectivity index (χ2n) is 4.77. The zero-order valence-electron chi connectivity index (χ0n) is 12.1. The maximum atomic E-state index is 12.5. The molecule has 0 bridgehead atoms. The molecule has 1 aromatic heterocycles. The number of carbonyl (C=O) groups excluding carboxylic acids is 1. The minimum Gasteiger partial charge on any atom is -0.321 e. The number of amides is 1. The van der Waals surface area contributed by atoms with E-state index in [0.29, 0.717) is 11.3 Å². The van der Waals surface area contributed by atoms with E-state index in [9.17, 15) is 4.79 Å². The molecule has 0 fully saturated rings. The van der Waals surface area contributed by atoms with Gasteiger partial charge in [-0.2, -0.15) is 0 Å². The first-order chi connectivity index (χ1) is 10.8. The van der Waals surface area contributed by atoms with Gasteiger partial charge in [0.05, 0.1) is 5.69 Å². The maximum absolute atomic E-state index is 12.5. The Morgan fingerprint density at radius 3 is 2.59 bits per heavy atom. The molecule has 0 unspecified atom stereocenters. The van der Waals surface area contributed by atoms with Gasteiger partial charge >= 0.3 is 0 Å². The van der Waals surface area contributed by atoms with Crippen LogP contribution in [0.4, 0.5) is 5.69 Å². The summed E-state index contributed by atoms with van der Waals surface area (Å²) < 4.78 is 3.87. The number of rotatable bonds is 4. The van der Waals surface area contributed by atoms with E-state index in [-0.39, 0.29) is 5.91 Å². The summed E-state index contributed by atoms with van der Waals surface area (Å²) in [5, 5.41) is 6.96. The van der Waals surface area contributed by atoms with Crippen molar-refractivity contribution in [3.8, 4) is 11.1 Å². The lowest BCUT2D eigenvalue weighted by Crippen LogP contribution is -2.13. The van der Waals surface area contributed by atoms with E-state index >= 15 is 0 Å². The van der Waals surface area contributed by atoms with Gasteiger partial charge in [0.1, 0.15) is 4.88 Å². The molecule has 0 saturated heterocycles. The zero-order chi connectivity index (χ0) is 15.4. The summed E-state index contributed by atoms with van der Waals surface area (Å²) >= 11 is 1.13. The number of nitrogens with zero attached hydrogens (tertiary/aromatic N) is 2. The molecule has 110 valence electrons. The number of nitrogens with one attached hydrogen (secondary N) is 1. The number of hydrogen-bond acceptors (Lipinski definition) is 4. The molecule has 1 amide bonds. The van der Waals surface area contributed by atoms with Gasteiger partial charge in [-0.3, -0.25) is 4.79 Å². The van der Waals surface area contributed by atoms with E-state index in [1.165, 1.54) is 0 Å². The summed E-state index contributed by atoms with van der Waals surface area (Å²) in [4.78, 5) is 13.0. The average molecular weight is 309 g/mol. The first-order valence-corrected chi connectivity index (χ1v) is 7.84. The van der Waals surface area contributed by atoms with Crippen LogP contribution < -0.4 is 5.32 Å². The van der Waals surface area contributed by atoms with Gasteiger partial charge in [-0.1, -0.05) is 59.9 Å². The van der Waals surface area contributed by atoms with Gasteiger partial charge in [0.25, 0.3) is 5.91 Å². The lowest BCUT2D eigenvalue weighted by molar-refractivity contribution is 0.102. The van der Waals surface area contributed by atoms with Crippen LogP contribution >= 0.6 is 11.5 Å². The Morgan fingerprint density at radius 2 is 1.82 bits per heavy atom. The number of para-hydroxylation sites is 1. The van der Waals surface area contributed by atoms with Crippen molar-refractivity contribution in [1.82, 2.24) is 9.59 Å². The van der Waals surface area contributed by atoms with Gasteiger partial charge in [0.15, 0.2) is 0 Å². The molecule has 0 spiro atoms. The van der Waals surface area contributed by atoms with Crippen LogP contribution in [0.15, 0.2) is 54.6 Å². The molecule has 3 rings (SSSR count). The van der Waals surface area contributed by atoms with Gasteiger partial charge in [-0.05, 0) is 29.6 Å². The molecule has 0 aliphatic rings. The lowest BCUT2D eigenvalue weighted by Gasteiger charge is -2.10. The molecule has 22 heavy (non-hydrogen) atoms. The van der Waals surface area contributed by atoms with Gasteiger partial charge in [-0.15, -0.1) is 5.10 Å². The summed E-state index contributed by atoms with van der Waals surface area (Å²) in [7, 11) is 0. The Hall–Kier alpha value is -2.53. The number of benzene rings is 2. The highest BCUT2D eigenvalue weighted by molar-refractivity contribution is 7.08. The smallest absolute Gasteiger partial charge is 0.269 e. The second kappa shape index (κ2) is 6.49. The number of anilines is 1. The van der Waals surface area contributed by atoms with Crippen molar-refractivity contribution < 1.29 is 4.79 Å². The van der Waals surface area contributed by atoms with Crippen LogP contribution in [-0.2, 0) is 6.42 Å². The first-order valence-electron chi connectivity index (χ1n) is 7.06. The van der Waals surface area contributed by atoms with Crippen molar-refractivity contribution in [1.29, 1.82) is 0 Å². The van der Waals surface area contributed by atoms with Crippen molar-refractivity contribution in [2.24, 2.45) is 0 Å². The summed E-state index contributed by atoms with van der Waals surface area (Å²) in [5.74, 6) is -0.157. The fraction of sp³-hybridized carbons (Fsp3) is 0.118. The van der Waals surface area contributed by atoms with Crippen LogP contribution in [-0.4, -0.2) is 15.5 Å². The molecule has 0 aliphatic heterocycles. The summed E-state index contributed by atoms with van der Waals surface area (Å²) in [6.45, 7) is 1.96. The predicted molar refractivity (Wildman–Crippen MR) is 89.1 cm³/mol. The normalized spacial score (nSPS) is 10.4. The van der Waals surface area contributed by atoms with Gasteiger partial charge in [0, 0.05) is 11.3 Å². The van der Waals surface area contributed by atoms with Crippen molar-refractivity contribution in [2.45, 2.75) is 13.3 Å². The Labute approximate surface area is 133 Å². The van der Waals surface area contributed by atoms with Gasteiger partial charge in [-0.25, -0.2) is 0 Å². The molecule has 2 aromatic carbocycles. The quantitative estimate of drug-likeness (QED) is 0.792. The first kappa shape index (κ1) is 14.4. The molecule has 0 radical (unpaired) electrons. The Kier molecular flexibility index (Phi) is 4.25. The zero-order valence-corrected chi connectivity index (χ0v) is 12.9. The van der Waals surface area contributed by atoms with Gasteiger partial charge in [0.2, 0.25) is 0 Å². The number of aryl methyl sites for hydroxylation is 1. The van der Waals surface area contributed by atoms with Gasteiger partial charge < -0.3 is 5.32 Å². The predicted octanol–water partition coefficient (Wildman–Crippen LogP) is 4.02. The standard InChI is InChI=1S/C17H15N3OS/c1-2-14-16(22-20-19-14)17(21)18-15-11-7-6-10-13(15)12-8-4-3-5-9-12/h3-11H,2H2,1H3,(H,18,21). The van der Waals surface area contributed by atoms with Crippen LogP contribution in [0.25, 0.3) is 11.1 Å². The van der Waals surface area contributed by atoms with E-state index in [1.54, 1.807) is 0 Å². The minimum atomic E-state index is -0.157. The second-order valence-corrected chi connectivity index (χ2v) is 5.52. The van der Waals surface area contributed by atoms with Crippen LogP contribution in [0.2, 0.25) is 0 Å². The van der Waals surface area contributed by atoms with E-state index in [2.05, 4.69) is 14.9 Å². The third-order valence-electron chi connectivity index (χ3n) is 3.36. The van der Waals surface area contributed by atoms with Crippen LogP contribution in [0, 0.1) is 0 Å². The van der Waals surface area contributed by atoms with Crippen LogP contribution in [0.5, 0.6) is 0 Å². The summed E-state index contributed by atoms with van der Waals surface area (Å²) in [5.41, 5.74) is 3.58. The molecule has 4 nitrogen and oxygen atoms in total.